The van der Waals surface area contributed by atoms with Gasteiger partial charge >= 0.3 is 0 Å². The summed E-state index contributed by atoms with van der Waals surface area (Å²) in [4.78, 5) is 0. The highest BCUT2D eigenvalue weighted by Gasteiger charge is 2.30. The standard InChI is InChI=1S/C40H18F2/c41-33-15-16-34(42)31-18-32-29(17-30(31)33)27-12-11-26-25-10-9-23-19-5-1-2-6-20(19)24-13-14-28(36(25)35(23)24)37-21-7-3-4-8-22(21)38(32)40(27)39(26)37/h1-18H. The van der Waals surface area contributed by atoms with Gasteiger partial charge in [0.05, 0.1) is 0 Å². The molecule has 9 aromatic rings. The summed E-state index contributed by atoms with van der Waals surface area (Å²) in [7, 11) is 0. The maximum Gasteiger partial charge on any atom is 0.131 e. The Labute approximate surface area is 238 Å². The lowest BCUT2D eigenvalue weighted by atomic mass is 9.83. The van der Waals surface area contributed by atoms with Gasteiger partial charge in [-0.2, -0.15) is 0 Å². The smallest absolute Gasteiger partial charge is 0.131 e. The molecule has 0 saturated heterocycles. The van der Waals surface area contributed by atoms with Crippen LogP contribution in [0.4, 0.5) is 8.78 Å². The third kappa shape index (κ3) is 2.23. The molecule has 0 heterocycles. The van der Waals surface area contributed by atoms with E-state index in [4.69, 9.17) is 0 Å². The van der Waals surface area contributed by atoms with Gasteiger partial charge in [0.2, 0.25) is 0 Å². The number of hydrogen-bond acceptors (Lipinski definition) is 0. The van der Waals surface area contributed by atoms with Crippen LogP contribution in [0.3, 0.4) is 0 Å². The predicted molar refractivity (Wildman–Crippen MR) is 171 cm³/mol. The molecule has 0 saturated carbocycles. The minimum atomic E-state index is -0.400. The molecule has 0 spiro atoms. The molecular formula is C40H18F2. The summed E-state index contributed by atoms with van der Waals surface area (Å²) in [5.74, 6) is -0.800. The zero-order chi connectivity index (χ0) is 27.4. The van der Waals surface area contributed by atoms with Crippen molar-refractivity contribution in [2.75, 3.05) is 0 Å². The Kier molecular flexibility index (Phi) is 3.53. The molecule has 0 fully saturated rings. The van der Waals surface area contributed by atoms with Gasteiger partial charge in [-0.15, -0.1) is 0 Å². The highest BCUT2D eigenvalue weighted by atomic mass is 19.1. The molecule has 2 aliphatic rings. The van der Waals surface area contributed by atoms with Crippen LogP contribution in [0.1, 0.15) is 0 Å². The normalized spacial score (nSPS) is 13.0. The van der Waals surface area contributed by atoms with Gasteiger partial charge in [0.25, 0.3) is 0 Å². The van der Waals surface area contributed by atoms with Crippen LogP contribution in [0.25, 0.3) is 109 Å². The molecule has 0 bridgehead atoms. The first-order valence-corrected chi connectivity index (χ1v) is 14.3. The summed E-state index contributed by atoms with van der Waals surface area (Å²) in [5.41, 5.74) is 9.32. The molecule has 192 valence electrons. The van der Waals surface area contributed by atoms with E-state index in [1.807, 2.05) is 12.1 Å². The van der Waals surface area contributed by atoms with Gasteiger partial charge in [0, 0.05) is 10.8 Å². The van der Waals surface area contributed by atoms with Crippen LogP contribution < -0.4 is 0 Å². The second kappa shape index (κ2) is 6.92. The largest absolute Gasteiger partial charge is 0.206 e. The second-order valence-corrected chi connectivity index (χ2v) is 11.8. The van der Waals surface area contributed by atoms with E-state index in [0.29, 0.717) is 10.8 Å². The third-order valence-electron chi connectivity index (χ3n) is 10.0. The molecule has 0 aliphatic heterocycles. The van der Waals surface area contributed by atoms with Gasteiger partial charge in [-0.25, -0.2) is 8.78 Å². The molecule has 0 amide bonds. The SMILES string of the molecule is Fc1ccc(F)c2cc3c(cc12)-c1ccc2c4ccc5c6c(ccc(c64)c4c6ccccc6c-3c1c24)-c1ccccc1-5. The molecule has 42 heavy (non-hydrogen) atoms. The minimum Gasteiger partial charge on any atom is -0.206 e. The predicted octanol–water partition coefficient (Wildman–Crippen LogP) is 11.6. The summed E-state index contributed by atoms with van der Waals surface area (Å²) in [6.07, 6.45) is 0. The average molecular weight is 537 g/mol. The van der Waals surface area contributed by atoms with Crippen molar-refractivity contribution in [3.63, 3.8) is 0 Å². The van der Waals surface area contributed by atoms with Crippen LogP contribution in [0.2, 0.25) is 0 Å². The molecule has 0 nitrogen and oxygen atoms in total. The molecular weight excluding hydrogens is 518 g/mol. The highest BCUT2D eigenvalue weighted by Crippen LogP contribution is 2.58. The van der Waals surface area contributed by atoms with Gasteiger partial charge in [0.15, 0.2) is 0 Å². The number of hydrogen-bond donors (Lipinski definition) is 0. The summed E-state index contributed by atoms with van der Waals surface area (Å²) in [6, 6.07) is 37.1. The summed E-state index contributed by atoms with van der Waals surface area (Å²) in [5, 5.41) is 13.0. The quantitative estimate of drug-likeness (QED) is 0.134. The van der Waals surface area contributed by atoms with Crippen molar-refractivity contribution < 1.29 is 8.78 Å². The molecule has 0 N–H and O–H groups in total. The molecule has 11 rings (SSSR count). The zero-order valence-electron chi connectivity index (χ0n) is 22.1. The fourth-order valence-electron chi connectivity index (χ4n) is 8.40. The number of rotatable bonds is 0. The molecule has 2 aliphatic carbocycles. The molecule has 0 aromatic heterocycles. The maximum absolute atomic E-state index is 15.1. The van der Waals surface area contributed by atoms with Crippen LogP contribution in [-0.4, -0.2) is 0 Å². The lowest BCUT2D eigenvalue weighted by molar-refractivity contribution is 0.618. The van der Waals surface area contributed by atoms with Crippen molar-refractivity contribution in [1.82, 2.24) is 0 Å². The Hall–Kier alpha value is -5.34. The average Bonchev–Trinajstić information content (AvgIpc) is 3.54. The molecule has 0 atom stereocenters. The molecule has 9 aromatic carbocycles. The van der Waals surface area contributed by atoms with E-state index >= 15 is 4.39 Å². The Balaban J connectivity index is 1.41. The molecule has 0 unspecified atom stereocenters. The van der Waals surface area contributed by atoms with Gasteiger partial charge in [-0.1, -0.05) is 84.9 Å². The molecule has 2 heteroatoms. The van der Waals surface area contributed by atoms with Crippen molar-refractivity contribution in [3.8, 4) is 44.5 Å². The Bertz CT molecular complexity index is 2720. The summed E-state index contributed by atoms with van der Waals surface area (Å²) >= 11 is 0. The fourth-order valence-corrected chi connectivity index (χ4v) is 8.40. The van der Waals surface area contributed by atoms with Gasteiger partial charge < -0.3 is 0 Å². The Morgan fingerprint density at radius 3 is 1.48 bits per heavy atom. The summed E-state index contributed by atoms with van der Waals surface area (Å²) < 4.78 is 30.0. The number of fused-ring (bicyclic) bond motifs is 12. The van der Waals surface area contributed by atoms with Crippen LogP contribution in [0.15, 0.2) is 109 Å². The Morgan fingerprint density at radius 1 is 0.286 bits per heavy atom. The van der Waals surface area contributed by atoms with E-state index in [1.165, 1.54) is 82.9 Å². The van der Waals surface area contributed by atoms with Gasteiger partial charge in [0.1, 0.15) is 11.6 Å². The maximum atomic E-state index is 15.1. The first-order chi connectivity index (χ1) is 20.7. The van der Waals surface area contributed by atoms with E-state index < -0.39 is 11.6 Å². The van der Waals surface area contributed by atoms with Crippen molar-refractivity contribution in [2.45, 2.75) is 0 Å². The van der Waals surface area contributed by atoms with E-state index in [2.05, 4.69) is 84.9 Å². The van der Waals surface area contributed by atoms with Crippen molar-refractivity contribution >= 4 is 64.6 Å². The zero-order valence-corrected chi connectivity index (χ0v) is 22.1. The number of halogens is 2. The molecule has 0 radical (unpaired) electrons. The van der Waals surface area contributed by atoms with Crippen LogP contribution in [0.5, 0.6) is 0 Å². The monoisotopic (exact) mass is 536 g/mol. The fraction of sp³-hybridized carbons (Fsp3) is 0. The van der Waals surface area contributed by atoms with Gasteiger partial charge in [-0.3, -0.25) is 0 Å². The lowest BCUT2D eigenvalue weighted by Crippen LogP contribution is -1.91. The topological polar surface area (TPSA) is 0 Å². The third-order valence-corrected chi connectivity index (χ3v) is 10.0. The number of benzene rings is 9. The first-order valence-electron chi connectivity index (χ1n) is 14.3. The van der Waals surface area contributed by atoms with E-state index in [0.717, 1.165) is 27.6 Å². The van der Waals surface area contributed by atoms with Crippen molar-refractivity contribution in [3.05, 3.63) is 121 Å². The first kappa shape index (κ1) is 21.4. The van der Waals surface area contributed by atoms with Gasteiger partial charge in [-0.05, 0) is 123 Å². The second-order valence-electron chi connectivity index (χ2n) is 11.8. The van der Waals surface area contributed by atoms with Crippen LogP contribution in [-0.2, 0) is 0 Å². The van der Waals surface area contributed by atoms with Crippen LogP contribution >= 0.6 is 0 Å². The highest BCUT2D eigenvalue weighted by molar-refractivity contribution is 6.45. The summed E-state index contributed by atoms with van der Waals surface area (Å²) in [6.45, 7) is 0. The minimum absolute atomic E-state index is 0.323. The van der Waals surface area contributed by atoms with Crippen LogP contribution in [0, 0.1) is 11.6 Å². The van der Waals surface area contributed by atoms with E-state index in [-0.39, 0.29) is 0 Å². The van der Waals surface area contributed by atoms with Crippen molar-refractivity contribution in [1.29, 1.82) is 0 Å². The lowest BCUT2D eigenvalue weighted by Gasteiger charge is -2.19. The Morgan fingerprint density at radius 2 is 0.786 bits per heavy atom. The van der Waals surface area contributed by atoms with Crippen molar-refractivity contribution in [2.24, 2.45) is 0 Å². The van der Waals surface area contributed by atoms with E-state index in [1.54, 1.807) is 0 Å². The van der Waals surface area contributed by atoms with E-state index in [9.17, 15) is 4.39 Å².